The van der Waals surface area contributed by atoms with Gasteiger partial charge in [0.15, 0.2) is 0 Å². The van der Waals surface area contributed by atoms with Crippen molar-refractivity contribution in [1.82, 2.24) is 59.5 Å². The van der Waals surface area contributed by atoms with Gasteiger partial charge in [-0.1, -0.05) is 39.6 Å². The third kappa shape index (κ3) is 20.1. The van der Waals surface area contributed by atoms with Crippen molar-refractivity contribution in [2.45, 2.75) is 110 Å². The van der Waals surface area contributed by atoms with Crippen LogP contribution in [0.5, 0.6) is 0 Å². The second-order valence-electron chi connectivity index (χ2n) is 22.1. The number of carbonyl (C=O) groups excluding carboxylic acids is 7. The minimum absolute atomic E-state index is 0. The topological polar surface area (TPSA) is 262 Å². The molecular weight excluding hydrogens is 1070 g/mol. The Morgan fingerprint density at radius 3 is 1.33 bits per heavy atom. The molecule has 8 aliphatic rings. The normalized spacial score (nSPS) is 32.7. The van der Waals surface area contributed by atoms with Crippen LogP contribution >= 0.6 is 0 Å². The zero-order valence-electron chi connectivity index (χ0n) is 47.4. The van der Waals surface area contributed by atoms with Crippen LogP contribution < -0.4 is 5.32 Å². The lowest BCUT2D eigenvalue weighted by Crippen LogP contribution is -2.53. The van der Waals surface area contributed by atoms with E-state index >= 15 is 0 Å². The molecule has 6 atom stereocenters. The maximum atomic E-state index is 13.2. The fourth-order valence-corrected chi connectivity index (χ4v) is 10.9. The van der Waals surface area contributed by atoms with Gasteiger partial charge in [-0.05, 0) is 25.7 Å². The van der Waals surface area contributed by atoms with Gasteiger partial charge in [0.05, 0.1) is 57.6 Å². The predicted octanol–water partition coefficient (Wildman–Crippen LogP) is -0.391. The average molecular weight is 1160 g/mol. The number of Topliss-reactive ketones (excluding diaryl/α,β-unsaturated/α-hetero) is 2. The molecular formula is C55H88N12O15. The van der Waals surface area contributed by atoms with Gasteiger partial charge in [-0.25, -0.2) is 4.68 Å². The van der Waals surface area contributed by atoms with Gasteiger partial charge in [-0.3, -0.25) is 82.2 Å². The number of nitrogens with one attached hydrogen (secondary N) is 1. The van der Waals surface area contributed by atoms with Crippen molar-refractivity contribution >= 4 is 41.4 Å². The molecule has 6 unspecified atom stereocenters. The first-order chi connectivity index (χ1) is 39.0. The number of aryl methyl sites for hydroxylation is 1. The van der Waals surface area contributed by atoms with Crippen LogP contribution in [0.1, 0.15) is 78.3 Å². The Morgan fingerprint density at radius 1 is 0.524 bits per heavy atom. The van der Waals surface area contributed by atoms with Crippen molar-refractivity contribution in [3.05, 3.63) is 36.6 Å². The van der Waals surface area contributed by atoms with Crippen LogP contribution in [0.2, 0.25) is 0 Å². The summed E-state index contributed by atoms with van der Waals surface area (Å²) in [5, 5.41) is 11.4. The zero-order valence-corrected chi connectivity index (χ0v) is 47.4. The molecule has 8 saturated heterocycles. The highest BCUT2D eigenvalue weighted by Gasteiger charge is 2.51. The van der Waals surface area contributed by atoms with E-state index < -0.39 is 48.4 Å². The highest BCUT2D eigenvalue weighted by atomic mass is 17.0. The van der Waals surface area contributed by atoms with Gasteiger partial charge in [0.2, 0.25) is 5.91 Å². The van der Waals surface area contributed by atoms with Gasteiger partial charge in [-0.15, -0.1) is 5.10 Å². The van der Waals surface area contributed by atoms with Crippen molar-refractivity contribution in [1.29, 1.82) is 0 Å². The van der Waals surface area contributed by atoms with Crippen LogP contribution in [-0.2, 0) is 84.4 Å². The largest absolute Gasteiger partial charge is 0.564 e. The Hall–Kier alpha value is -5.49. The van der Waals surface area contributed by atoms with Crippen LogP contribution in [-0.4, -0.2) is 284 Å². The summed E-state index contributed by atoms with van der Waals surface area (Å²) in [6.07, 6.45) is 0.221. The van der Waals surface area contributed by atoms with Gasteiger partial charge < -0.3 is 33.7 Å². The summed E-state index contributed by atoms with van der Waals surface area (Å²) >= 11 is 0. The van der Waals surface area contributed by atoms with E-state index in [-0.39, 0.29) is 88.5 Å². The van der Waals surface area contributed by atoms with E-state index in [0.717, 1.165) is 18.5 Å². The molecule has 8 aliphatic heterocycles. The predicted molar refractivity (Wildman–Crippen MR) is 293 cm³/mol. The van der Waals surface area contributed by atoms with E-state index in [1.165, 1.54) is 0 Å². The molecule has 1 amide bonds. The molecule has 0 radical (unpaired) electrons. The molecule has 2 spiro atoms. The molecule has 0 aliphatic carbocycles. The second kappa shape index (κ2) is 30.9. The molecule has 9 rings (SSSR count). The second-order valence-corrected chi connectivity index (χ2v) is 22.1. The zero-order chi connectivity index (χ0) is 57.4. The Morgan fingerprint density at radius 2 is 0.902 bits per heavy atom. The Balaban J connectivity index is 0.000000234. The first kappa shape index (κ1) is 64.1. The first-order valence-corrected chi connectivity index (χ1v) is 28.9. The van der Waals surface area contributed by atoms with E-state index in [2.05, 4.69) is 58.2 Å². The molecule has 1 aromatic rings. The van der Waals surface area contributed by atoms with Crippen LogP contribution in [0.15, 0.2) is 30.9 Å². The van der Waals surface area contributed by atoms with Gasteiger partial charge >= 0.3 is 36.2 Å². The first-order valence-electron chi connectivity index (χ1n) is 28.9. The van der Waals surface area contributed by atoms with E-state index in [4.69, 9.17) is 37.9 Å². The highest BCUT2D eigenvalue weighted by molar-refractivity contribution is 5.85. The maximum Gasteiger partial charge on any atom is 0.564 e. The molecule has 9 heterocycles. The minimum Gasteiger partial charge on any atom is -0.400 e. The van der Waals surface area contributed by atoms with Crippen LogP contribution in [0.3, 0.4) is 0 Å². The smallest absolute Gasteiger partial charge is 0.400 e. The van der Waals surface area contributed by atoms with Crippen molar-refractivity contribution in [3.63, 3.8) is 0 Å². The number of hydrogen-bond acceptors (Lipinski definition) is 25. The quantitative estimate of drug-likeness (QED) is 0.219. The van der Waals surface area contributed by atoms with E-state index in [1.807, 2.05) is 29.8 Å². The summed E-state index contributed by atoms with van der Waals surface area (Å²) in [4.78, 5) is 106. The number of nitrogens with zero attached hydrogens (tertiary/aromatic N) is 11. The Labute approximate surface area is 481 Å². The van der Waals surface area contributed by atoms with E-state index in [1.54, 1.807) is 4.68 Å². The van der Waals surface area contributed by atoms with E-state index in [9.17, 15) is 33.6 Å². The van der Waals surface area contributed by atoms with Crippen molar-refractivity contribution in [2.24, 2.45) is 0 Å². The number of esters is 4. The number of carbonyl (C=O) groups is 7. The van der Waals surface area contributed by atoms with Crippen molar-refractivity contribution in [2.75, 3.05) is 164 Å². The van der Waals surface area contributed by atoms with Gasteiger partial charge in [0, 0.05) is 163 Å². The third-order valence-electron chi connectivity index (χ3n) is 15.2. The molecule has 458 valence electrons. The lowest BCUT2D eigenvalue weighted by Gasteiger charge is -2.36. The number of ether oxygens (including phenoxy) is 8. The van der Waals surface area contributed by atoms with Gasteiger partial charge in [0.1, 0.15) is 29.2 Å². The number of fused-ring (bicyclic) bond motifs is 24. The van der Waals surface area contributed by atoms with Crippen molar-refractivity contribution in [3.8, 4) is 0 Å². The van der Waals surface area contributed by atoms with Gasteiger partial charge in [-0.2, -0.15) is 0 Å². The SMILES string of the molecule is C.C=C1CN2CCN3CCN4CCN(CC2)CC(=O)OC(O1)(OC(=O)C3)OC(CNC(=O)CCC(=O)CCC)C4.C=C1CN2CCN3CCN4CCN(CC2)CC(=O)OC(O1)(OC(=O)C3)OC(Cn1cc(CCCC(=O)CCC)nn1)C4. The summed E-state index contributed by atoms with van der Waals surface area (Å²) in [5.41, 5.74) is 0.773. The van der Waals surface area contributed by atoms with Gasteiger partial charge in [0.25, 0.3) is 0 Å². The number of hydrogen-bond donors (Lipinski definition) is 1. The minimum atomic E-state index is -2.49. The number of amides is 1. The van der Waals surface area contributed by atoms with Crippen molar-refractivity contribution < 1.29 is 71.5 Å². The molecule has 27 nitrogen and oxygen atoms in total. The molecule has 10 bridgehead atoms. The Kier molecular flexibility index (Phi) is 24.1. The molecule has 8 fully saturated rings. The monoisotopic (exact) mass is 1160 g/mol. The Bertz CT molecular complexity index is 2250. The molecule has 1 aromatic heterocycles. The summed E-state index contributed by atoms with van der Waals surface area (Å²) in [6.45, 7) is 24.3. The number of aromatic nitrogens is 3. The molecule has 0 saturated carbocycles. The summed E-state index contributed by atoms with van der Waals surface area (Å²) in [6, 6.07) is 0. The summed E-state index contributed by atoms with van der Waals surface area (Å²) in [7, 11) is 0. The number of ketones is 2. The fraction of sp³-hybridized carbons (Fsp3) is 0.764. The molecule has 82 heavy (non-hydrogen) atoms. The number of rotatable bonds is 15. The molecule has 27 heteroatoms. The lowest BCUT2D eigenvalue weighted by atomic mass is 10.1. The third-order valence-corrected chi connectivity index (χ3v) is 15.2. The summed E-state index contributed by atoms with van der Waals surface area (Å²) < 4.78 is 49.1. The van der Waals surface area contributed by atoms with E-state index in [0.29, 0.717) is 163 Å². The van der Waals surface area contributed by atoms with Crippen LogP contribution in [0.25, 0.3) is 0 Å². The van der Waals surface area contributed by atoms with Crippen LogP contribution in [0.4, 0.5) is 0 Å². The molecule has 0 aromatic carbocycles. The summed E-state index contributed by atoms with van der Waals surface area (Å²) in [5.74, 6) is -2.08. The fourth-order valence-electron chi connectivity index (χ4n) is 10.9. The maximum absolute atomic E-state index is 13.2. The highest BCUT2D eigenvalue weighted by Crippen LogP contribution is 2.30. The molecule has 1 N–H and O–H groups in total. The average Bonchev–Trinajstić information content (AvgIpc) is 3.85. The standard InChI is InChI=1S/C28H43N7O7.C26H41N5O8.CH4/c1-3-5-24(36)7-4-6-23-17-35(30-29-23)19-25-18-32-10-14-33-12-8-31-9-13-34(15-11-32)21-27(38)42-28(40-25,39-22(2)16-31)41-26(37)20-33;1-3-4-21(32)5-6-23(33)27-15-22-17-29-9-13-30-11-7-28-8-12-31(14-10-29)19-25(35)39-26(37-22,36-20(2)16-28)38-24(34)18-30;/h17,25H,2-16,18-21H2,1H3;22H,2-19H2,1H3,(H,27,33);1H4. The lowest BCUT2D eigenvalue weighted by molar-refractivity contribution is -0.467. The van der Waals surface area contributed by atoms with Crippen LogP contribution in [0, 0.1) is 0 Å².